The second-order valence-electron chi connectivity index (χ2n) is 4.36. The molecule has 0 bridgehead atoms. The summed E-state index contributed by atoms with van der Waals surface area (Å²) >= 11 is 1.70. The number of hydrogen-bond donors (Lipinski definition) is 2. The first-order chi connectivity index (χ1) is 7.54. The summed E-state index contributed by atoms with van der Waals surface area (Å²) < 4.78 is 0. The summed E-state index contributed by atoms with van der Waals surface area (Å²) in [7, 11) is 1.65. The van der Waals surface area contributed by atoms with E-state index in [0.717, 1.165) is 17.3 Å². The molecular weight excluding hydrogens is 222 g/mol. The van der Waals surface area contributed by atoms with Crippen molar-refractivity contribution in [3.63, 3.8) is 0 Å². The van der Waals surface area contributed by atoms with Crippen LogP contribution in [0.3, 0.4) is 0 Å². The van der Waals surface area contributed by atoms with Crippen LogP contribution < -0.4 is 10.6 Å². The standard InChI is InChI=1S/C11H21N3OS/c1-7(2)9-5-6-16-11(14-9)13-8(3)10(15)12-4/h7-9H,5-6H2,1-4H3,(H,12,15)(H,13,14). The lowest BCUT2D eigenvalue weighted by Crippen LogP contribution is -2.44. The number of nitrogens with one attached hydrogen (secondary N) is 2. The van der Waals surface area contributed by atoms with Gasteiger partial charge in [-0.3, -0.25) is 9.79 Å². The Labute approximate surface area is 102 Å². The highest BCUT2D eigenvalue weighted by Gasteiger charge is 2.20. The number of aliphatic imine (C=N–C) groups is 1. The number of likely N-dealkylation sites (N-methyl/N-ethyl adjacent to an activating group) is 1. The topological polar surface area (TPSA) is 53.5 Å². The van der Waals surface area contributed by atoms with Crippen molar-refractivity contribution in [2.75, 3.05) is 12.8 Å². The third-order valence-electron chi connectivity index (χ3n) is 2.68. The third-order valence-corrected chi connectivity index (χ3v) is 3.62. The summed E-state index contributed by atoms with van der Waals surface area (Å²) in [6.45, 7) is 6.22. The van der Waals surface area contributed by atoms with Gasteiger partial charge in [-0.1, -0.05) is 25.6 Å². The molecular formula is C11H21N3OS. The van der Waals surface area contributed by atoms with E-state index in [0.29, 0.717) is 12.0 Å². The molecule has 5 heteroatoms. The summed E-state index contributed by atoms with van der Waals surface area (Å²) in [5.74, 6) is 1.64. The van der Waals surface area contributed by atoms with Crippen LogP contribution in [-0.4, -0.2) is 36.0 Å². The van der Waals surface area contributed by atoms with Gasteiger partial charge in [-0.2, -0.15) is 0 Å². The van der Waals surface area contributed by atoms with Crippen molar-refractivity contribution < 1.29 is 4.79 Å². The van der Waals surface area contributed by atoms with Gasteiger partial charge in [-0.25, -0.2) is 0 Å². The molecule has 0 spiro atoms. The molecule has 2 atom stereocenters. The van der Waals surface area contributed by atoms with Crippen molar-refractivity contribution >= 4 is 22.8 Å². The van der Waals surface area contributed by atoms with E-state index in [4.69, 9.17) is 0 Å². The fourth-order valence-electron chi connectivity index (χ4n) is 1.56. The summed E-state index contributed by atoms with van der Waals surface area (Å²) in [6, 6.07) is 0.169. The van der Waals surface area contributed by atoms with Crippen LogP contribution in [0.4, 0.5) is 0 Å². The van der Waals surface area contributed by atoms with Gasteiger partial charge < -0.3 is 10.6 Å². The van der Waals surface area contributed by atoms with Crippen LogP contribution in [0.15, 0.2) is 4.99 Å². The average Bonchev–Trinajstić information content (AvgIpc) is 2.28. The highest BCUT2D eigenvalue weighted by atomic mass is 32.2. The number of rotatable bonds is 3. The highest BCUT2D eigenvalue weighted by Crippen LogP contribution is 2.21. The number of nitrogens with zero attached hydrogens (tertiary/aromatic N) is 1. The molecule has 0 saturated heterocycles. The molecule has 0 aliphatic carbocycles. The Kier molecular flexibility index (Phi) is 5.12. The normalized spacial score (nSPS) is 22.6. The van der Waals surface area contributed by atoms with Crippen LogP contribution in [0.2, 0.25) is 0 Å². The van der Waals surface area contributed by atoms with Crippen molar-refractivity contribution in [2.24, 2.45) is 10.9 Å². The van der Waals surface area contributed by atoms with E-state index in [1.807, 2.05) is 6.92 Å². The van der Waals surface area contributed by atoms with E-state index < -0.39 is 0 Å². The van der Waals surface area contributed by atoms with E-state index >= 15 is 0 Å². The predicted molar refractivity (Wildman–Crippen MR) is 69.8 cm³/mol. The maximum Gasteiger partial charge on any atom is 0.242 e. The smallest absolute Gasteiger partial charge is 0.242 e. The molecule has 4 nitrogen and oxygen atoms in total. The lowest BCUT2D eigenvalue weighted by atomic mass is 10.0. The summed E-state index contributed by atoms with van der Waals surface area (Å²) in [5.41, 5.74) is 0. The van der Waals surface area contributed by atoms with Crippen LogP contribution in [0.1, 0.15) is 27.2 Å². The van der Waals surface area contributed by atoms with Crippen LogP contribution in [-0.2, 0) is 4.79 Å². The minimum absolute atomic E-state index is 0.00466. The molecule has 0 aromatic rings. The zero-order valence-corrected chi connectivity index (χ0v) is 11.2. The third kappa shape index (κ3) is 3.70. The first kappa shape index (κ1) is 13.4. The number of amides is 1. The Hall–Kier alpha value is -0.710. The monoisotopic (exact) mass is 243 g/mol. The average molecular weight is 243 g/mol. The Morgan fingerprint density at radius 1 is 1.50 bits per heavy atom. The van der Waals surface area contributed by atoms with Gasteiger partial charge in [0.1, 0.15) is 6.04 Å². The van der Waals surface area contributed by atoms with Gasteiger partial charge in [-0.05, 0) is 19.3 Å². The van der Waals surface area contributed by atoms with Gasteiger partial charge in [0.15, 0.2) is 5.17 Å². The first-order valence-corrected chi connectivity index (χ1v) is 6.72. The second kappa shape index (κ2) is 6.13. The SMILES string of the molecule is CNC(=O)C(C)NC1=NC(C(C)C)CCS1. The maximum atomic E-state index is 11.4. The Bertz CT molecular complexity index is 278. The van der Waals surface area contributed by atoms with Gasteiger partial charge in [0, 0.05) is 12.8 Å². The molecule has 0 fully saturated rings. The van der Waals surface area contributed by atoms with Crippen LogP contribution >= 0.6 is 11.8 Å². The molecule has 0 saturated carbocycles. The van der Waals surface area contributed by atoms with E-state index in [1.54, 1.807) is 18.8 Å². The number of amidine groups is 1. The van der Waals surface area contributed by atoms with Crippen molar-refractivity contribution in [3.05, 3.63) is 0 Å². The molecule has 1 heterocycles. The summed E-state index contributed by atoms with van der Waals surface area (Å²) in [6.07, 6.45) is 1.13. The number of thioether (sulfide) groups is 1. The Morgan fingerprint density at radius 2 is 2.19 bits per heavy atom. The van der Waals surface area contributed by atoms with Crippen molar-refractivity contribution in [3.8, 4) is 0 Å². The van der Waals surface area contributed by atoms with Crippen molar-refractivity contribution in [1.29, 1.82) is 0 Å². The number of carbonyl (C=O) groups is 1. The van der Waals surface area contributed by atoms with Crippen LogP contribution in [0.5, 0.6) is 0 Å². The lowest BCUT2D eigenvalue weighted by Gasteiger charge is -2.24. The largest absolute Gasteiger partial charge is 0.357 e. The van der Waals surface area contributed by atoms with E-state index in [2.05, 4.69) is 29.5 Å². The van der Waals surface area contributed by atoms with Gasteiger partial charge in [0.25, 0.3) is 0 Å². The maximum absolute atomic E-state index is 11.4. The van der Waals surface area contributed by atoms with E-state index in [-0.39, 0.29) is 11.9 Å². The van der Waals surface area contributed by atoms with E-state index in [9.17, 15) is 4.79 Å². The minimum Gasteiger partial charge on any atom is -0.357 e. The summed E-state index contributed by atoms with van der Waals surface area (Å²) in [5, 5.41) is 6.68. The summed E-state index contributed by atoms with van der Waals surface area (Å²) in [4.78, 5) is 16.0. The molecule has 2 unspecified atom stereocenters. The molecule has 1 amide bonds. The number of carbonyl (C=O) groups excluding carboxylic acids is 1. The number of hydrogen-bond acceptors (Lipinski definition) is 4. The van der Waals surface area contributed by atoms with E-state index in [1.165, 1.54) is 0 Å². The molecule has 92 valence electrons. The van der Waals surface area contributed by atoms with Crippen molar-refractivity contribution in [1.82, 2.24) is 10.6 Å². The highest BCUT2D eigenvalue weighted by molar-refractivity contribution is 8.13. The first-order valence-electron chi connectivity index (χ1n) is 5.73. The van der Waals surface area contributed by atoms with Gasteiger partial charge in [0.05, 0.1) is 6.04 Å². The molecule has 1 aliphatic rings. The molecule has 1 rings (SSSR count). The Balaban J connectivity index is 2.56. The van der Waals surface area contributed by atoms with Crippen LogP contribution in [0.25, 0.3) is 0 Å². The minimum atomic E-state index is -0.220. The lowest BCUT2D eigenvalue weighted by molar-refractivity contribution is -0.121. The van der Waals surface area contributed by atoms with Gasteiger partial charge >= 0.3 is 0 Å². The quantitative estimate of drug-likeness (QED) is 0.784. The molecule has 2 N–H and O–H groups in total. The van der Waals surface area contributed by atoms with Crippen molar-refractivity contribution in [2.45, 2.75) is 39.3 Å². The molecule has 16 heavy (non-hydrogen) atoms. The van der Waals surface area contributed by atoms with Crippen LogP contribution in [0, 0.1) is 5.92 Å². The Morgan fingerprint density at radius 3 is 2.75 bits per heavy atom. The molecule has 0 aromatic carbocycles. The van der Waals surface area contributed by atoms with Gasteiger partial charge in [-0.15, -0.1) is 0 Å². The molecule has 0 aromatic heterocycles. The second-order valence-corrected chi connectivity index (χ2v) is 5.45. The zero-order chi connectivity index (χ0) is 12.1. The molecule has 0 radical (unpaired) electrons. The predicted octanol–water partition coefficient (Wildman–Crippen LogP) is 1.23. The fourth-order valence-corrected chi connectivity index (χ4v) is 2.58. The van der Waals surface area contributed by atoms with Gasteiger partial charge in [0.2, 0.25) is 5.91 Å². The molecule has 1 aliphatic heterocycles. The zero-order valence-electron chi connectivity index (χ0n) is 10.4. The fraction of sp³-hybridized carbons (Fsp3) is 0.818.